The highest BCUT2D eigenvalue weighted by molar-refractivity contribution is 5.74. The maximum atomic E-state index is 12.2. The molecule has 0 radical (unpaired) electrons. The molecule has 0 rings (SSSR count). The van der Waals surface area contributed by atoms with Crippen molar-refractivity contribution in [2.45, 2.75) is 32.0 Å². The zero-order valence-electron chi connectivity index (χ0n) is 10.4. The van der Waals surface area contributed by atoms with Crippen LogP contribution in [0.1, 0.15) is 19.8 Å². The van der Waals surface area contributed by atoms with Crippen molar-refractivity contribution in [1.82, 2.24) is 10.2 Å². The minimum atomic E-state index is -4.56. The van der Waals surface area contributed by atoms with Gasteiger partial charge in [-0.3, -0.25) is 4.79 Å². The number of carboxylic acids is 1. The van der Waals surface area contributed by atoms with Gasteiger partial charge in [-0.1, -0.05) is 0 Å². The summed E-state index contributed by atoms with van der Waals surface area (Å²) in [5.74, 6) is -1.05. The molecular weight excluding hydrogens is 269 g/mol. The van der Waals surface area contributed by atoms with Crippen LogP contribution in [0.2, 0.25) is 0 Å². The van der Waals surface area contributed by atoms with Crippen molar-refractivity contribution in [2.24, 2.45) is 0 Å². The Bertz CT molecular complexity index is 310. The third-order valence-corrected chi connectivity index (χ3v) is 2.19. The Kier molecular flexibility index (Phi) is 7.20. The minimum Gasteiger partial charge on any atom is -0.481 e. The van der Waals surface area contributed by atoms with Crippen LogP contribution >= 0.6 is 0 Å². The summed E-state index contributed by atoms with van der Waals surface area (Å²) in [5.41, 5.74) is 0. The molecule has 1 unspecified atom stereocenters. The van der Waals surface area contributed by atoms with Crippen LogP contribution in [0.15, 0.2) is 0 Å². The van der Waals surface area contributed by atoms with Crippen molar-refractivity contribution in [3.8, 4) is 0 Å². The van der Waals surface area contributed by atoms with E-state index < -0.39 is 43.9 Å². The molecule has 0 saturated heterocycles. The number of amides is 2. The second-order valence-electron chi connectivity index (χ2n) is 4.04. The Hall–Kier alpha value is -1.51. The van der Waals surface area contributed by atoms with E-state index in [0.29, 0.717) is 4.90 Å². The number of hydrogen-bond donors (Lipinski definition) is 3. The van der Waals surface area contributed by atoms with Crippen LogP contribution in [0.5, 0.6) is 0 Å². The van der Waals surface area contributed by atoms with E-state index in [-0.39, 0.29) is 12.8 Å². The van der Waals surface area contributed by atoms with Gasteiger partial charge in [-0.05, 0) is 13.3 Å². The second-order valence-corrected chi connectivity index (χ2v) is 4.04. The fourth-order valence-electron chi connectivity index (χ4n) is 1.30. The summed E-state index contributed by atoms with van der Waals surface area (Å²) in [6.45, 7) is -1.01. The van der Waals surface area contributed by atoms with E-state index >= 15 is 0 Å². The molecule has 0 aliphatic heterocycles. The predicted octanol–water partition coefficient (Wildman–Crippen LogP) is 0.806. The number of aliphatic hydroxyl groups excluding tert-OH is 1. The normalized spacial score (nSPS) is 12.9. The Balaban J connectivity index is 4.35. The van der Waals surface area contributed by atoms with Crippen LogP contribution in [-0.2, 0) is 4.79 Å². The lowest BCUT2D eigenvalue weighted by molar-refractivity contribution is -0.140. The summed E-state index contributed by atoms with van der Waals surface area (Å²) in [7, 11) is 0. The zero-order chi connectivity index (χ0) is 15.1. The van der Waals surface area contributed by atoms with Crippen molar-refractivity contribution < 1.29 is 33.0 Å². The number of nitrogens with zero attached hydrogens (tertiary/aromatic N) is 1. The fourth-order valence-corrected chi connectivity index (χ4v) is 1.30. The van der Waals surface area contributed by atoms with Crippen LogP contribution < -0.4 is 5.32 Å². The lowest BCUT2D eigenvalue weighted by Crippen LogP contribution is -2.48. The van der Waals surface area contributed by atoms with Crippen molar-refractivity contribution in [2.75, 3.05) is 19.7 Å². The molecule has 0 aromatic rings. The Labute approximate surface area is 108 Å². The van der Waals surface area contributed by atoms with E-state index in [4.69, 9.17) is 10.2 Å². The first kappa shape index (κ1) is 17.5. The summed E-state index contributed by atoms with van der Waals surface area (Å²) in [5, 5.41) is 19.3. The third kappa shape index (κ3) is 9.11. The monoisotopic (exact) mass is 286 g/mol. The summed E-state index contributed by atoms with van der Waals surface area (Å²) in [6, 6.07) is -1.55. The van der Waals surface area contributed by atoms with Crippen molar-refractivity contribution in [1.29, 1.82) is 0 Å². The van der Waals surface area contributed by atoms with Gasteiger partial charge in [0, 0.05) is 19.0 Å². The second kappa shape index (κ2) is 7.82. The molecule has 0 aliphatic rings. The highest BCUT2D eigenvalue weighted by atomic mass is 19.4. The van der Waals surface area contributed by atoms with Crippen molar-refractivity contribution in [3.05, 3.63) is 0 Å². The number of carbonyl (C=O) groups excluding carboxylic acids is 1. The van der Waals surface area contributed by atoms with E-state index in [1.54, 1.807) is 0 Å². The molecule has 0 bridgehead atoms. The fraction of sp³-hybridized carbons (Fsp3) is 0.800. The molecule has 0 fully saturated rings. The molecule has 0 spiro atoms. The van der Waals surface area contributed by atoms with E-state index in [1.165, 1.54) is 6.92 Å². The van der Waals surface area contributed by atoms with E-state index in [2.05, 4.69) is 5.32 Å². The van der Waals surface area contributed by atoms with Gasteiger partial charge in [0.15, 0.2) is 0 Å². The van der Waals surface area contributed by atoms with Crippen LogP contribution in [0, 0.1) is 0 Å². The Morgan fingerprint density at radius 2 is 1.95 bits per heavy atom. The van der Waals surface area contributed by atoms with Gasteiger partial charge in [0.2, 0.25) is 0 Å². The molecule has 6 nitrogen and oxygen atoms in total. The van der Waals surface area contributed by atoms with Gasteiger partial charge in [0.1, 0.15) is 6.54 Å². The number of aliphatic hydroxyl groups is 1. The number of urea groups is 1. The number of carbonyl (C=O) groups is 2. The van der Waals surface area contributed by atoms with Crippen LogP contribution in [0.4, 0.5) is 18.0 Å². The number of hydrogen-bond acceptors (Lipinski definition) is 3. The number of halogens is 3. The van der Waals surface area contributed by atoms with Crippen LogP contribution in [0.25, 0.3) is 0 Å². The average molecular weight is 286 g/mol. The summed E-state index contributed by atoms with van der Waals surface area (Å²) in [6.07, 6.45) is -4.64. The Morgan fingerprint density at radius 3 is 2.37 bits per heavy atom. The van der Waals surface area contributed by atoms with Crippen molar-refractivity contribution >= 4 is 12.0 Å². The molecule has 0 heterocycles. The molecule has 0 saturated carbocycles. The number of carboxylic acid groups (broad SMARTS) is 1. The molecule has 0 aromatic heterocycles. The zero-order valence-corrected chi connectivity index (χ0v) is 10.4. The van der Waals surface area contributed by atoms with Gasteiger partial charge in [0.05, 0.1) is 6.61 Å². The van der Waals surface area contributed by atoms with E-state index in [1.807, 2.05) is 0 Å². The van der Waals surface area contributed by atoms with Crippen LogP contribution in [0.3, 0.4) is 0 Å². The van der Waals surface area contributed by atoms with Gasteiger partial charge in [-0.2, -0.15) is 13.2 Å². The quantitative estimate of drug-likeness (QED) is 0.646. The summed E-state index contributed by atoms with van der Waals surface area (Å²) in [4.78, 5) is 22.3. The molecule has 0 aromatic carbocycles. The highest BCUT2D eigenvalue weighted by Crippen LogP contribution is 2.16. The predicted molar refractivity (Wildman–Crippen MR) is 59.6 cm³/mol. The standard InChI is InChI=1S/C10H17F3N2O4/c1-7(2-3-8(17)18)14-9(19)15(4-5-16)6-10(11,12)13/h7,16H,2-6H2,1H3,(H,14,19)(H,17,18). The van der Waals surface area contributed by atoms with E-state index in [0.717, 1.165) is 0 Å². The highest BCUT2D eigenvalue weighted by Gasteiger charge is 2.33. The number of alkyl halides is 3. The van der Waals surface area contributed by atoms with Gasteiger partial charge in [-0.25, -0.2) is 4.79 Å². The van der Waals surface area contributed by atoms with Gasteiger partial charge in [-0.15, -0.1) is 0 Å². The number of aliphatic carboxylic acids is 1. The van der Waals surface area contributed by atoms with Gasteiger partial charge < -0.3 is 20.4 Å². The lowest BCUT2D eigenvalue weighted by atomic mass is 10.2. The minimum absolute atomic E-state index is 0.111. The molecule has 9 heteroatoms. The first-order chi connectivity index (χ1) is 8.65. The average Bonchev–Trinajstić information content (AvgIpc) is 2.24. The first-order valence-corrected chi connectivity index (χ1v) is 5.60. The molecule has 1 atom stereocenters. The summed E-state index contributed by atoms with van der Waals surface area (Å²) >= 11 is 0. The molecule has 112 valence electrons. The largest absolute Gasteiger partial charge is 0.481 e. The maximum Gasteiger partial charge on any atom is 0.406 e. The molecule has 2 amide bonds. The summed E-state index contributed by atoms with van der Waals surface area (Å²) < 4.78 is 36.6. The van der Waals surface area contributed by atoms with Gasteiger partial charge >= 0.3 is 18.2 Å². The smallest absolute Gasteiger partial charge is 0.406 e. The Morgan fingerprint density at radius 1 is 1.37 bits per heavy atom. The van der Waals surface area contributed by atoms with E-state index in [9.17, 15) is 22.8 Å². The van der Waals surface area contributed by atoms with Crippen molar-refractivity contribution in [3.63, 3.8) is 0 Å². The molecule has 0 aliphatic carbocycles. The lowest BCUT2D eigenvalue weighted by Gasteiger charge is -2.25. The topological polar surface area (TPSA) is 89.9 Å². The van der Waals surface area contributed by atoms with Gasteiger partial charge in [0.25, 0.3) is 0 Å². The number of rotatable bonds is 7. The molecule has 19 heavy (non-hydrogen) atoms. The third-order valence-electron chi connectivity index (χ3n) is 2.19. The maximum absolute atomic E-state index is 12.2. The number of nitrogens with one attached hydrogen (secondary N) is 1. The first-order valence-electron chi connectivity index (χ1n) is 5.60. The molecule has 3 N–H and O–H groups in total. The SMILES string of the molecule is CC(CCC(=O)O)NC(=O)N(CCO)CC(F)(F)F. The van der Waals surface area contributed by atoms with Crippen LogP contribution in [-0.4, -0.2) is 59.0 Å². The molecular formula is C10H17F3N2O4.